The first-order valence-electron chi connectivity index (χ1n) is 10.1. The fraction of sp³-hybridized carbons (Fsp3) is 0.368. The molecular formula is C19H21N11O3. The van der Waals surface area contributed by atoms with E-state index in [0.717, 1.165) is 0 Å². The smallest absolute Gasteiger partial charge is 0.185 e. The zero-order chi connectivity index (χ0) is 22.9. The minimum absolute atomic E-state index is 0.227. The van der Waals surface area contributed by atoms with Gasteiger partial charge in [-0.2, -0.15) is 0 Å². The number of imidazole rings is 2. The maximum Gasteiger partial charge on any atom is 0.185 e. The zero-order valence-corrected chi connectivity index (χ0v) is 17.3. The topological polar surface area (TPSA) is 212 Å². The molecular weight excluding hydrogens is 430 g/mol. The number of nitrogens with one attached hydrogen (secondary N) is 2. The lowest BCUT2D eigenvalue weighted by Crippen LogP contribution is -2.37. The predicted octanol–water partition coefficient (Wildman–Crippen LogP) is -1.69. The van der Waals surface area contributed by atoms with Crippen molar-refractivity contribution in [3.8, 4) is 11.8 Å². The summed E-state index contributed by atoms with van der Waals surface area (Å²) in [5.74, 6) is 6.91. The first-order chi connectivity index (χ1) is 16.0. The zero-order valence-electron chi connectivity index (χ0n) is 17.3. The molecule has 14 heteroatoms. The van der Waals surface area contributed by atoms with E-state index in [4.69, 9.17) is 16.2 Å². The number of rotatable bonds is 5. The number of nitrogens with zero attached hydrogens (tertiary/aromatic N) is 7. The molecule has 4 aromatic rings. The highest BCUT2D eigenvalue weighted by Crippen LogP contribution is 2.31. The number of anilines is 2. The summed E-state index contributed by atoms with van der Waals surface area (Å²) in [7, 11) is 0. The van der Waals surface area contributed by atoms with E-state index in [1.165, 1.54) is 23.5 Å². The quantitative estimate of drug-likeness (QED) is 0.148. The SMILES string of the molecule is Nc1ncnc2c1ncn2[C@@H]1O[C@H](CNCCC#Cc2nc3ncnc(N)c3[nH]2)[C@@H](O)[C@H]1O. The monoisotopic (exact) mass is 451 g/mol. The Morgan fingerprint density at radius 3 is 2.76 bits per heavy atom. The number of aromatic nitrogens is 8. The molecule has 4 atom stereocenters. The summed E-state index contributed by atoms with van der Waals surface area (Å²) in [6.45, 7) is 0.858. The Kier molecular flexibility index (Phi) is 5.44. The number of aliphatic hydroxyl groups is 2. The van der Waals surface area contributed by atoms with Gasteiger partial charge in [-0.15, -0.1) is 0 Å². The van der Waals surface area contributed by atoms with Gasteiger partial charge in [-0.1, -0.05) is 5.92 Å². The number of aromatic amines is 1. The molecule has 0 amide bonds. The molecule has 33 heavy (non-hydrogen) atoms. The summed E-state index contributed by atoms with van der Waals surface area (Å²) in [4.78, 5) is 27.4. The molecule has 1 fully saturated rings. The second-order valence-electron chi connectivity index (χ2n) is 7.43. The van der Waals surface area contributed by atoms with Gasteiger partial charge in [0.15, 0.2) is 35.0 Å². The molecule has 0 radical (unpaired) electrons. The molecule has 1 saturated heterocycles. The van der Waals surface area contributed by atoms with Crippen molar-refractivity contribution in [1.29, 1.82) is 0 Å². The van der Waals surface area contributed by atoms with Crippen LogP contribution in [0, 0.1) is 11.8 Å². The van der Waals surface area contributed by atoms with Gasteiger partial charge in [0.1, 0.15) is 42.0 Å². The molecule has 5 heterocycles. The Balaban J connectivity index is 1.16. The second-order valence-corrected chi connectivity index (χ2v) is 7.43. The Hall–Kier alpha value is -3.90. The fourth-order valence-corrected chi connectivity index (χ4v) is 3.63. The minimum Gasteiger partial charge on any atom is -0.387 e. The van der Waals surface area contributed by atoms with Crippen LogP contribution < -0.4 is 16.8 Å². The maximum atomic E-state index is 10.5. The summed E-state index contributed by atoms with van der Waals surface area (Å²) in [5.41, 5.74) is 13.4. The molecule has 0 aliphatic carbocycles. The van der Waals surface area contributed by atoms with E-state index in [0.29, 0.717) is 53.5 Å². The summed E-state index contributed by atoms with van der Waals surface area (Å²) < 4.78 is 7.42. The number of fused-ring (bicyclic) bond motifs is 2. The fourth-order valence-electron chi connectivity index (χ4n) is 3.63. The average Bonchev–Trinajstić information content (AvgIpc) is 3.49. The normalized spacial score (nSPS) is 22.6. The van der Waals surface area contributed by atoms with Crippen LogP contribution in [-0.4, -0.2) is 81.1 Å². The highest BCUT2D eigenvalue weighted by atomic mass is 16.6. The Bertz CT molecular complexity index is 1360. The Morgan fingerprint density at radius 2 is 1.91 bits per heavy atom. The third kappa shape index (κ3) is 3.90. The van der Waals surface area contributed by atoms with Crippen molar-refractivity contribution in [3.05, 3.63) is 24.8 Å². The van der Waals surface area contributed by atoms with Crippen LogP contribution in [0.25, 0.3) is 22.3 Å². The van der Waals surface area contributed by atoms with Crippen LogP contribution in [0.15, 0.2) is 19.0 Å². The van der Waals surface area contributed by atoms with Crippen LogP contribution in [-0.2, 0) is 4.74 Å². The number of ether oxygens (including phenoxy) is 1. The molecule has 14 nitrogen and oxygen atoms in total. The Morgan fingerprint density at radius 1 is 1.09 bits per heavy atom. The van der Waals surface area contributed by atoms with Gasteiger partial charge in [-0.25, -0.2) is 29.9 Å². The van der Waals surface area contributed by atoms with Crippen LogP contribution in [0.5, 0.6) is 0 Å². The molecule has 170 valence electrons. The lowest BCUT2D eigenvalue weighted by atomic mass is 10.1. The van der Waals surface area contributed by atoms with Gasteiger partial charge in [0.2, 0.25) is 0 Å². The molecule has 0 saturated carbocycles. The van der Waals surface area contributed by atoms with Crippen LogP contribution in [0.4, 0.5) is 11.6 Å². The molecule has 8 N–H and O–H groups in total. The van der Waals surface area contributed by atoms with Crippen LogP contribution >= 0.6 is 0 Å². The number of aliphatic hydroxyl groups excluding tert-OH is 2. The maximum absolute atomic E-state index is 10.5. The van der Waals surface area contributed by atoms with E-state index in [1.807, 2.05) is 0 Å². The number of hydrogen-bond donors (Lipinski definition) is 6. The van der Waals surface area contributed by atoms with E-state index in [9.17, 15) is 10.2 Å². The van der Waals surface area contributed by atoms with Crippen LogP contribution in [0.3, 0.4) is 0 Å². The third-order valence-corrected chi connectivity index (χ3v) is 5.30. The molecule has 4 aromatic heterocycles. The molecule has 0 aromatic carbocycles. The predicted molar refractivity (Wildman–Crippen MR) is 116 cm³/mol. The van der Waals surface area contributed by atoms with Gasteiger partial charge < -0.3 is 36.7 Å². The van der Waals surface area contributed by atoms with Crippen LogP contribution in [0.2, 0.25) is 0 Å². The lowest BCUT2D eigenvalue weighted by molar-refractivity contribution is -0.0340. The van der Waals surface area contributed by atoms with Gasteiger partial charge in [0.05, 0.1) is 6.33 Å². The van der Waals surface area contributed by atoms with Crippen molar-refractivity contribution in [1.82, 2.24) is 44.8 Å². The lowest BCUT2D eigenvalue weighted by Gasteiger charge is -2.16. The number of H-pyrrole nitrogens is 1. The van der Waals surface area contributed by atoms with Gasteiger partial charge in [-0.05, 0) is 5.92 Å². The van der Waals surface area contributed by atoms with Crippen molar-refractivity contribution in [3.63, 3.8) is 0 Å². The summed E-state index contributed by atoms with van der Waals surface area (Å²) >= 11 is 0. The van der Waals surface area contributed by atoms with E-state index >= 15 is 0 Å². The van der Waals surface area contributed by atoms with Gasteiger partial charge >= 0.3 is 0 Å². The summed E-state index contributed by atoms with van der Waals surface area (Å²) in [6.07, 6.45) is 0.900. The molecule has 1 aliphatic rings. The van der Waals surface area contributed by atoms with Crippen LogP contribution in [0.1, 0.15) is 18.5 Å². The Labute approximate surface area is 186 Å². The molecule has 0 unspecified atom stereocenters. The van der Waals surface area contributed by atoms with Gasteiger partial charge in [-0.3, -0.25) is 4.57 Å². The summed E-state index contributed by atoms with van der Waals surface area (Å²) in [5, 5.41) is 24.1. The largest absolute Gasteiger partial charge is 0.387 e. The first-order valence-corrected chi connectivity index (χ1v) is 10.1. The van der Waals surface area contributed by atoms with Gasteiger partial charge in [0.25, 0.3) is 0 Å². The van der Waals surface area contributed by atoms with E-state index in [2.05, 4.69) is 52.0 Å². The highest BCUT2D eigenvalue weighted by molar-refractivity contribution is 5.82. The highest BCUT2D eigenvalue weighted by Gasteiger charge is 2.44. The number of nitrogens with two attached hydrogens (primary N) is 2. The van der Waals surface area contributed by atoms with E-state index in [1.54, 1.807) is 0 Å². The summed E-state index contributed by atoms with van der Waals surface area (Å²) in [6, 6.07) is 0. The van der Waals surface area contributed by atoms with Crippen molar-refractivity contribution >= 4 is 34.0 Å². The number of hydrogen-bond acceptors (Lipinski definition) is 12. The minimum atomic E-state index is -1.16. The molecule has 1 aliphatic heterocycles. The molecule has 5 rings (SSSR count). The third-order valence-electron chi connectivity index (χ3n) is 5.30. The molecule has 0 bridgehead atoms. The van der Waals surface area contributed by atoms with Crippen molar-refractivity contribution in [2.75, 3.05) is 24.6 Å². The van der Waals surface area contributed by atoms with E-state index < -0.39 is 24.5 Å². The molecule has 0 spiro atoms. The van der Waals surface area contributed by atoms with E-state index in [-0.39, 0.29) is 5.82 Å². The van der Waals surface area contributed by atoms with Crippen molar-refractivity contribution < 1.29 is 14.9 Å². The van der Waals surface area contributed by atoms with Crippen molar-refractivity contribution in [2.24, 2.45) is 0 Å². The second kappa shape index (κ2) is 8.56. The van der Waals surface area contributed by atoms with Crippen molar-refractivity contribution in [2.45, 2.75) is 31.0 Å². The first kappa shape index (κ1) is 21.0. The number of nitrogen functional groups attached to an aromatic ring is 2. The standard InChI is InChI=1S/C19H21N11O3/c20-15-11-17(25-6-23-15)29-10(28-11)3-1-2-4-22-5-9-13(31)14(32)19(33-9)30-8-27-12-16(21)24-7-26-18(12)30/h6-9,13-14,19,22,31-32H,2,4-5H2,(H2,21,24,26)(H3,20,23,25,28,29)/t9-,13-,14-,19-/m1/s1. The average molecular weight is 451 g/mol. The van der Waals surface area contributed by atoms with Gasteiger partial charge in [0, 0.05) is 19.5 Å².